The molecule has 1 aromatic heterocycles. The third-order valence-electron chi connectivity index (χ3n) is 5.69. The van der Waals surface area contributed by atoms with Gasteiger partial charge in [0.25, 0.3) is 5.91 Å². The molecule has 7 nitrogen and oxygen atoms in total. The van der Waals surface area contributed by atoms with Crippen molar-refractivity contribution in [2.24, 2.45) is 5.10 Å². The van der Waals surface area contributed by atoms with E-state index in [-0.39, 0.29) is 5.91 Å². The van der Waals surface area contributed by atoms with E-state index < -0.39 is 10.0 Å². The van der Waals surface area contributed by atoms with E-state index in [9.17, 15) is 13.2 Å². The van der Waals surface area contributed by atoms with Crippen LogP contribution in [0.25, 0.3) is 22.2 Å². The van der Waals surface area contributed by atoms with Gasteiger partial charge in [-0.3, -0.25) is 9.52 Å². The minimum absolute atomic E-state index is 0.344. The Morgan fingerprint density at radius 2 is 1.63 bits per heavy atom. The van der Waals surface area contributed by atoms with Crippen LogP contribution in [0.5, 0.6) is 0 Å². The standard InChI is InChI=1S/C27H26N4O3S/c1-17-9-10-21(15-18(17)2)26-16-24(23-7-5-6-8-25(23)28-26)27(32)30-29-19(3)20-11-13-22(14-12-20)31-35(4,33)34/h5-16,31H,1-4H3,(H,30,32)/b29-19-. The SMILES string of the molecule is C/C(=N/NC(=O)c1cc(-c2ccc(C)c(C)c2)nc2ccccc12)c1ccc(NS(C)(=O)=O)cc1. The highest BCUT2D eigenvalue weighted by Crippen LogP contribution is 2.26. The number of nitrogens with one attached hydrogen (secondary N) is 2. The number of pyridine rings is 1. The molecule has 0 spiro atoms. The summed E-state index contributed by atoms with van der Waals surface area (Å²) in [6, 6.07) is 22.2. The van der Waals surface area contributed by atoms with Crippen molar-refractivity contribution >= 4 is 38.2 Å². The maximum absolute atomic E-state index is 13.2. The first-order valence-electron chi connectivity index (χ1n) is 11.0. The smallest absolute Gasteiger partial charge is 0.272 e. The van der Waals surface area contributed by atoms with Crippen LogP contribution in [0, 0.1) is 13.8 Å². The third kappa shape index (κ3) is 5.73. The number of carbonyl (C=O) groups excluding carboxylic acids is 1. The average molecular weight is 487 g/mol. The Bertz CT molecular complexity index is 1560. The van der Waals surface area contributed by atoms with Gasteiger partial charge < -0.3 is 0 Å². The second-order valence-corrected chi connectivity index (χ2v) is 10.2. The highest BCUT2D eigenvalue weighted by atomic mass is 32.2. The number of nitrogens with zero attached hydrogens (tertiary/aromatic N) is 2. The highest BCUT2D eigenvalue weighted by Gasteiger charge is 2.14. The number of hydrogen-bond acceptors (Lipinski definition) is 5. The molecule has 0 atom stereocenters. The molecule has 0 saturated heterocycles. The van der Waals surface area contributed by atoms with Crippen LogP contribution in [0.15, 0.2) is 77.9 Å². The lowest BCUT2D eigenvalue weighted by atomic mass is 10.0. The molecule has 1 amide bonds. The molecular weight excluding hydrogens is 460 g/mol. The van der Waals surface area contributed by atoms with Crippen molar-refractivity contribution in [2.75, 3.05) is 11.0 Å². The zero-order valence-corrected chi connectivity index (χ0v) is 20.8. The molecule has 1 heterocycles. The molecule has 3 aromatic carbocycles. The summed E-state index contributed by atoms with van der Waals surface area (Å²) >= 11 is 0. The first kappa shape index (κ1) is 24.1. The number of hydrazone groups is 1. The largest absolute Gasteiger partial charge is 0.284 e. The second kappa shape index (κ2) is 9.68. The van der Waals surface area contributed by atoms with Crippen LogP contribution < -0.4 is 10.1 Å². The molecule has 0 unspecified atom stereocenters. The van der Waals surface area contributed by atoms with E-state index in [1.54, 1.807) is 37.3 Å². The number of rotatable bonds is 6. The van der Waals surface area contributed by atoms with Gasteiger partial charge in [0.15, 0.2) is 0 Å². The molecule has 0 aliphatic rings. The number of fused-ring (bicyclic) bond motifs is 1. The van der Waals surface area contributed by atoms with Gasteiger partial charge in [0.1, 0.15) is 0 Å². The number of aryl methyl sites for hydroxylation is 2. The van der Waals surface area contributed by atoms with E-state index in [1.165, 1.54) is 5.56 Å². The summed E-state index contributed by atoms with van der Waals surface area (Å²) in [6.07, 6.45) is 1.09. The fourth-order valence-corrected chi connectivity index (χ4v) is 4.23. The fraction of sp³-hybridized carbons (Fsp3) is 0.148. The lowest BCUT2D eigenvalue weighted by Gasteiger charge is -2.11. The van der Waals surface area contributed by atoms with E-state index in [2.05, 4.69) is 35.2 Å². The molecule has 0 aliphatic carbocycles. The van der Waals surface area contributed by atoms with Crippen LogP contribution >= 0.6 is 0 Å². The Hall–Kier alpha value is -4.04. The average Bonchev–Trinajstić information content (AvgIpc) is 2.82. The van der Waals surface area contributed by atoms with Crippen LogP contribution in [-0.4, -0.2) is 31.3 Å². The summed E-state index contributed by atoms with van der Waals surface area (Å²) in [7, 11) is -3.35. The van der Waals surface area contributed by atoms with Crippen molar-refractivity contribution in [1.82, 2.24) is 10.4 Å². The number of amides is 1. The van der Waals surface area contributed by atoms with E-state index in [0.29, 0.717) is 22.7 Å². The van der Waals surface area contributed by atoms with E-state index >= 15 is 0 Å². The summed E-state index contributed by atoms with van der Waals surface area (Å²) < 4.78 is 25.2. The first-order chi connectivity index (χ1) is 16.6. The summed E-state index contributed by atoms with van der Waals surface area (Å²) in [5.74, 6) is -0.344. The molecule has 178 valence electrons. The first-order valence-corrected chi connectivity index (χ1v) is 12.9. The Kier molecular flexibility index (Phi) is 6.66. The fourth-order valence-electron chi connectivity index (χ4n) is 3.66. The minimum atomic E-state index is -3.35. The van der Waals surface area contributed by atoms with Gasteiger partial charge in [-0.2, -0.15) is 5.10 Å². The number of para-hydroxylation sites is 1. The van der Waals surface area contributed by atoms with Crippen molar-refractivity contribution in [3.8, 4) is 11.3 Å². The lowest BCUT2D eigenvalue weighted by molar-refractivity contribution is 0.0956. The van der Waals surface area contributed by atoms with Gasteiger partial charge in [-0.25, -0.2) is 18.8 Å². The Morgan fingerprint density at radius 1 is 0.914 bits per heavy atom. The van der Waals surface area contributed by atoms with Crippen LogP contribution in [0.4, 0.5) is 5.69 Å². The molecule has 0 bridgehead atoms. The Balaban J connectivity index is 1.63. The molecule has 0 fully saturated rings. The van der Waals surface area contributed by atoms with E-state index in [1.807, 2.05) is 36.4 Å². The lowest BCUT2D eigenvalue weighted by Crippen LogP contribution is -2.20. The Morgan fingerprint density at radius 3 is 2.31 bits per heavy atom. The molecule has 0 saturated carbocycles. The van der Waals surface area contributed by atoms with Crippen molar-refractivity contribution in [3.63, 3.8) is 0 Å². The predicted octanol–water partition coefficient (Wildman–Crippen LogP) is 5.04. The molecular formula is C27H26N4O3S. The molecule has 0 aliphatic heterocycles. The quantitative estimate of drug-likeness (QED) is 0.294. The van der Waals surface area contributed by atoms with Crippen LogP contribution in [0.3, 0.4) is 0 Å². The molecule has 4 aromatic rings. The van der Waals surface area contributed by atoms with Crippen molar-refractivity contribution < 1.29 is 13.2 Å². The normalized spacial score (nSPS) is 11.9. The summed E-state index contributed by atoms with van der Waals surface area (Å²) in [4.78, 5) is 18.0. The van der Waals surface area contributed by atoms with Gasteiger partial charge in [0, 0.05) is 16.6 Å². The van der Waals surface area contributed by atoms with Crippen LogP contribution in [0.2, 0.25) is 0 Å². The Labute approximate surface area is 205 Å². The number of hydrogen-bond donors (Lipinski definition) is 2. The summed E-state index contributed by atoms with van der Waals surface area (Å²) in [5.41, 5.74) is 9.64. The molecule has 2 N–H and O–H groups in total. The van der Waals surface area contributed by atoms with Gasteiger partial charge in [-0.1, -0.05) is 42.5 Å². The predicted molar refractivity (Wildman–Crippen MR) is 141 cm³/mol. The van der Waals surface area contributed by atoms with Crippen LogP contribution in [0.1, 0.15) is 34.0 Å². The number of sulfonamides is 1. The topological polar surface area (TPSA) is 101 Å². The zero-order chi connectivity index (χ0) is 25.2. The summed E-state index contributed by atoms with van der Waals surface area (Å²) in [6.45, 7) is 5.88. The minimum Gasteiger partial charge on any atom is -0.284 e. The number of anilines is 1. The van der Waals surface area contributed by atoms with Gasteiger partial charge in [0.2, 0.25) is 10.0 Å². The highest BCUT2D eigenvalue weighted by molar-refractivity contribution is 7.92. The van der Waals surface area contributed by atoms with E-state index in [4.69, 9.17) is 4.98 Å². The zero-order valence-electron chi connectivity index (χ0n) is 20.0. The third-order valence-corrected chi connectivity index (χ3v) is 6.30. The monoisotopic (exact) mass is 486 g/mol. The molecule has 4 rings (SSSR count). The molecule has 8 heteroatoms. The maximum Gasteiger partial charge on any atom is 0.272 e. The van der Waals surface area contributed by atoms with Crippen molar-refractivity contribution in [2.45, 2.75) is 20.8 Å². The van der Waals surface area contributed by atoms with Crippen molar-refractivity contribution in [3.05, 3.63) is 95.1 Å². The number of carbonyl (C=O) groups is 1. The second-order valence-electron chi connectivity index (χ2n) is 8.46. The molecule has 0 radical (unpaired) electrons. The van der Waals surface area contributed by atoms with Crippen molar-refractivity contribution in [1.29, 1.82) is 0 Å². The van der Waals surface area contributed by atoms with E-state index in [0.717, 1.165) is 33.8 Å². The van der Waals surface area contributed by atoms with Gasteiger partial charge in [-0.15, -0.1) is 0 Å². The van der Waals surface area contributed by atoms with Gasteiger partial charge >= 0.3 is 0 Å². The molecule has 35 heavy (non-hydrogen) atoms. The number of benzene rings is 3. The maximum atomic E-state index is 13.2. The van der Waals surface area contributed by atoms with Gasteiger partial charge in [0.05, 0.1) is 28.7 Å². The summed E-state index contributed by atoms with van der Waals surface area (Å²) in [5, 5.41) is 5.01. The number of aromatic nitrogens is 1. The van der Waals surface area contributed by atoms with Gasteiger partial charge in [-0.05, 0) is 67.8 Å². The van der Waals surface area contributed by atoms with Crippen LogP contribution in [-0.2, 0) is 10.0 Å².